The van der Waals surface area contributed by atoms with E-state index in [1.165, 1.54) is 0 Å². The Labute approximate surface area is 82.6 Å². The lowest BCUT2D eigenvalue weighted by Crippen LogP contribution is -1.94. The van der Waals surface area contributed by atoms with Crippen LogP contribution in [-0.2, 0) is 0 Å². The van der Waals surface area contributed by atoms with E-state index in [1.54, 1.807) is 12.1 Å². The lowest BCUT2D eigenvalue weighted by atomic mass is 10.2. The van der Waals surface area contributed by atoms with Crippen LogP contribution in [0.15, 0.2) is 24.3 Å². The summed E-state index contributed by atoms with van der Waals surface area (Å²) in [4.78, 5) is 0. The second kappa shape index (κ2) is 4.90. The van der Waals surface area contributed by atoms with E-state index in [4.69, 9.17) is 17.3 Å². The predicted molar refractivity (Wildman–Crippen MR) is 55.8 cm³/mol. The molecule has 13 heavy (non-hydrogen) atoms. The van der Waals surface area contributed by atoms with Crippen molar-refractivity contribution in [2.45, 2.75) is 6.42 Å². The van der Waals surface area contributed by atoms with E-state index in [0.29, 0.717) is 11.6 Å². The summed E-state index contributed by atoms with van der Waals surface area (Å²) in [6.07, 6.45) is 4.70. The molecule has 0 fully saturated rings. The van der Waals surface area contributed by atoms with Gasteiger partial charge in [-0.3, -0.25) is 0 Å². The lowest BCUT2D eigenvalue weighted by Gasteiger charge is -1.97. The van der Waals surface area contributed by atoms with Gasteiger partial charge in [0.1, 0.15) is 5.75 Å². The number of hydrogen-bond acceptors (Lipinski definition) is 2. The Hall–Kier alpha value is -0.990. The van der Waals surface area contributed by atoms with Crippen molar-refractivity contribution in [3.8, 4) is 5.75 Å². The topological polar surface area (TPSA) is 46.2 Å². The minimum absolute atomic E-state index is 0.108. The number of phenols is 1. The molecule has 1 aromatic carbocycles. The van der Waals surface area contributed by atoms with Crippen LogP contribution in [0.4, 0.5) is 0 Å². The molecule has 3 heteroatoms. The van der Waals surface area contributed by atoms with Gasteiger partial charge in [0.05, 0.1) is 5.02 Å². The van der Waals surface area contributed by atoms with E-state index >= 15 is 0 Å². The fraction of sp³-hybridized carbons (Fsp3) is 0.200. The van der Waals surface area contributed by atoms with Crippen LogP contribution in [0.2, 0.25) is 5.02 Å². The second-order valence-electron chi connectivity index (χ2n) is 2.69. The maximum atomic E-state index is 9.27. The average molecular weight is 198 g/mol. The van der Waals surface area contributed by atoms with Crippen LogP contribution < -0.4 is 5.73 Å². The van der Waals surface area contributed by atoms with Gasteiger partial charge < -0.3 is 10.8 Å². The summed E-state index contributed by atoms with van der Waals surface area (Å²) in [7, 11) is 0. The first-order valence-corrected chi connectivity index (χ1v) is 4.47. The number of benzene rings is 1. The van der Waals surface area contributed by atoms with Crippen molar-refractivity contribution in [3.63, 3.8) is 0 Å². The van der Waals surface area contributed by atoms with Crippen molar-refractivity contribution in [3.05, 3.63) is 34.9 Å². The monoisotopic (exact) mass is 197 g/mol. The molecule has 0 amide bonds. The molecule has 70 valence electrons. The summed E-state index contributed by atoms with van der Waals surface area (Å²) in [5, 5.41) is 9.64. The quantitative estimate of drug-likeness (QED) is 0.782. The highest BCUT2D eigenvalue weighted by Crippen LogP contribution is 2.24. The zero-order valence-corrected chi connectivity index (χ0v) is 7.96. The summed E-state index contributed by atoms with van der Waals surface area (Å²) in [5.41, 5.74) is 6.25. The first-order valence-electron chi connectivity index (χ1n) is 4.09. The molecule has 1 rings (SSSR count). The summed E-state index contributed by atoms with van der Waals surface area (Å²) in [5.74, 6) is 0.108. The maximum absolute atomic E-state index is 9.27. The Morgan fingerprint density at radius 3 is 2.85 bits per heavy atom. The van der Waals surface area contributed by atoms with Gasteiger partial charge in [0.15, 0.2) is 0 Å². The molecule has 0 aliphatic rings. The second-order valence-corrected chi connectivity index (χ2v) is 3.10. The minimum atomic E-state index is 0.108. The molecule has 0 saturated carbocycles. The molecule has 0 aliphatic heterocycles. The van der Waals surface area contributed by atoms with Gasteiger partial charge in [0.25, 0.3) is 0 Å². The summed E-state index contributed by atoms with van der Waals surface area (Å²) >= 11 is 5.65. The van der Waals surface area contributed by atoms with E-state index in [0.717, 1.165) is 12.0 Å². The van der Waals surface area contributed by atoms with Crippen molar-refractivity contribution in [2.75, 3.05) is 6.54 Å². The Bertz CT molecular complexity index is 310. The van der Waals surface area contributed by atoms with Crippen LogP contribution in [0.1, 0.15) is 12.0 Å². The standard InChI is InChI=1S/C10H12ClNO/c11-9-5-4-8(7-10(9)13)3-1-2-6-12/h1,3-5,7,13H,2,6,12H2. The van der Waals surface area contributed by atoms with E-state index in [2.05, 4.69) is 0 Å². The van der Waals surface area contributed by atoms with Gasteiger partial charge in [0, 0.05) is 0 Å². The molecule has 0 atom stereocenters. The van der Waals surface area contributed by atoms with E-state index in [-0.39, 0.29) is 5.75 Å². The molecule has 0 bridgehead atoms. The number of hydrogen-bond donors (Lipinski definition) is 2. The van der Waals surface area contributed by atoms with Crippen LogP contribution in [-0.4, -0.2) is 11.7 Å². The largest absolute Gasteiger partial charge is 0.506 e. The van der Waals surface area contributed by atoms with E-state index in [1.807, 2.05) is 18.2 Å². The molecule has 0 aromatic heterocycles. The zero-order chi connectivity index (χ0) is 9.68. The zero-order valence-electron chi connectivity index (χ0n) is 7.20. The van der Waals surface area contributed by atoms with Gasteiger partial charge >= 0.3 is 0 Å². The van der Waals surface area contributed by atoms with Gasteiger partial charge in [-0.05, 0) is 30.7 Å². The van der Waals surface area contributed by atoms with Crippen LogP contribution in [0, 0.1) is 0 Å². The molecule has 3 N–H and O–H groups in total. The highest BCUT2D eigenvalue weighted by molar-refractivity contribution is 6.32. The molecule has 0 spiro atoms. The molecular weight excluding hydrogens is 186 g/mol. The number of rotatable bonds is 3. The van der Waals surface area contributed by atoms with Gasteiger partial charge in [-0.2, -0.15) is 0 Å². The van der Waals surface area contributed by atoms with Gasteiger partial charge in [0.2, 0.25) is 0 Å². The summed E-state index contributed by atoms with van der Waals surface area (Å²) < 4.78 is 0. The highest BCUT2D eigenvalue weighted by atomic mass is 35.5. The van der Waals surface area contributed by atoms with Gasteiger partial charge in [-0.1, -0.05) is 29.8 Å². The number of phenolic OH excluding ortho intramolecular Hbond substituents is 1. The first-order chi connectivity index (χ1) is 6.24. The number of nitrogens with two attached hydrogens (primary N) is 1. The Morgan fingerprint density at radius 2 is 2.23 bits per heavy atom. The summed E-state index contributed by atoms with van der Waals surface area (Å²) in [6, 6.07) is 5.13. The molecule has 1 aromatic rings. The maximum Gasteiger partial charge on any atom is 0.134 e. The Balaban J connectivity index is 2.73. The first kappa shape index (κ1) is 10.1. The van der Waals surface area contributed by atoms with Crippen molar-refractivity contribution in [1.82, 2.24) is 0 Å². The Morgan fingerprint density at radius 1 is 1.46 bits per heavy atom. The minimum Gasteiger partial charge on any atom is -0.506 e. The Kier molecular flexibility index (Phi) is 3.80. The molecule has 0 heterocycles. The molecule has 2 nitrogen and oxygen atoms in total. The highest BCUT2D eigenvalue weighted by Gasteiger charge is 1.96. The fourth-order valence-electron chi connectivity index (χ4n) is 0.949. The lowest BCUT2D eigenvalue weighted by molar-refractivity contribution is 0.475. The smallest absolute Gasteiger partial charge is 0.134 e. The third-order valence-corrected chi connectivity index (χ3v) is 1.93. The molecule has 0 aliphatic carbocycles. The number of aromatic hydroxyl groups is 1. The third kappa shape index (κ3) is 3.09. The normalized spacial score (nSPS) is 10.9. The SMILES string of the molecule is NCCC=Cc1ccc(Cl)c(O)c1. The molecule has 0 saturated heterocycles. The van der Waals surface area contributed by atoms with Gasteiger partial charge in [-0.25, -0.2) is 0 Å². The number of halogens is 1. The summed E-state index contributed by atoms with van der Waals surface area (Å²) in [6.45, 7) is 0.635. The van der Waals surface area contributed by atoms with Crippen molar-refractivity contribution in [1.29, 1.82) is 0 Å². The molecule has 0 unspecified atom stereocenters. The fourth-order valence-corrected chi connectivity index (χ4v) is 1.07. The molecule has 0 radical (unpaired) electrons. The van der Waals surface area contributed by atoms with Crippen molar-refractivity contribution < 1.29 is 5.11 Å². The molecular formula is C10H12ClNO. The van der Waals surface area contributed by atoms with Crippen LogP contribution in [0.25, 0.3) is 6.08 Å². The van der Waals surface area contributed by atoms with Crippen LogP contribution in [0.3, 0.4) is 0 Å². The van der Waals surface area contributed by atoms with E-state index in [9.17, 15) is 5.11 Å². The predicted octanol–water partition coefficient (Wildman–Crippen LogP) is 2.41. The van der Waals surface area contributed by atoms with Crippen molar-refractivity contribution in [2.24, 2.45) is 5.73 Å². The van der Waals surface area contributed by atoms with Crippen LogP contribution in [0.5, 0.6) is 5.75 Å². The van der Waals surface area contributed by atoms with Crippen LogP contribution >= 0.6 is 11.6 Å². The third-order valence-electron chi connectivity index (χ3n) is 1.61. The average Bonchev–Trinajstić information content (AvgIpc) is 2.12. The van der Waals surface area contributed by atoms with E-state index < -0.39 is 0 Å². The van der Waals surface area contributed by atoms with Gasteiger partial charge in [-0.15, -0.1) is 0 Å². The van der Waals surface area contributed by atoms with Crippen molar-refractivity contribution >= 4 is 17.7 Å².